The fourth-order valence-electron chi connectivity index (χ4n) is 4.47. The molecule has 2 aliphatic carbocycles. The summed E-state index contributed by atoms with van der Waals surface area (Å²) < 4.78 is 0. The van der Waals surface area contributed by atoms with Crippen molar-refractivity contribution in [3.8, 4) is 0 Å². The third-order valence-corrected chi connectivity index (χ3v) is 5.84. The molecule has 7 atom stereocenters. The number of aliphatic hydroxyl groups is 4. The van der Waals surface area contributed by atoms with Crippen LogP contribution in [0.5, 0.6) is 0 Å². The van der Waals surface area contributed by atoms with Gasteiger partial charge in [0.1, 0.15) is 0 Å². The van der Waals surface area contributed by atoms with Crippen molar-refractivity contribution >= 4 is 0 Å². The second-order valence-corrected chi connectivity index (χ2v) is 7.50. The monoisotopic (exact) mass is 272 g/mol. The van der Waals surface area contributed by atoms with E-state index in [9.17, 15) is 20.4 Å². The van der Waals surface area contributed by atoms with E-state index in [1.807, 2.05) is 13.8 Å². The molecule has 4 N–H and O–H groups in total. The fraction of sp³-hybridized carbons (Fsp3) is 1.00. The van der Waals surface area contributed by atoms with Crippen molar-refractivity contribution in [1.29, 1.82) is 0 Å². The van der Waals surface area contributed by atoms with E-state index in [1.54, 1.807) is 13.8 Å². The summed E-state index contributed by atoms with van der Waals surface area (Å²) in [5.41, 5.74) is -1.30. The smallest absolute Gasteiger partial charge is 0.0644 e. The largest absolute Gasteiger partial charge is 0.393 e. The standard InChI is InChI=1S/C15H28O4/c1-8-10(16)7-11(17)15(4)6-5-9(14(2,3)19)13(18)12(8)15/h8-13,16-19H,5-7H2,1-4H3/t8-,9+,10+,11-,12-,13+,15+/m0/s1. The predicted octanol–water partition coefficient (Wildman–Crippen LogP) is 0.912. The zero-order chi connectivity index (χ0) is 14.6. The van der Waals surface area contributed by atoms with Crippen LogP contribution in [0.2, 0.25) is 0 Å². The van der Waals surface area contributed by atoms with E-state index in [-0.39, 0.29) is 23.2 Å². The zero-order valence-corrected chi connectivity index (χ0v) is 12.4. The Labute approximate surface area is 115 Å². The van der Waals surface area contributed by atoms with E-state index in [4.69, 9.17) is 0 Å². The Morgan fingerprint density at radius 1 is 1.16 bits per heavy atom. The molecule has 0 unspecified atom stereocenters. The zero-order valence-electron chi connectivity index (χ0n) is 12.4. The Morgan fingerprint density at radius 2 is 1.74 bits per heavy atom. The molecular formula is C15H28O4. The van der Waals surface area contributed by atoms with Crippen LogP contribution in [0.1, 0.15) is 47.0 Å². The average molecular weight is 272 g/mol. The van der Waals surface area contributed by atoms with Gasteiger partial charge in [-0.25, -0.2) is 0 Å². The normalized spacial score (nSPS) is 51.8. The molecule has 0 aliphatic heterocycles. The van der Waals surface area contributed by atoms with Gasteiger partial charge in [-0.3, -0.25) is 0 Å². The molecule has 2 saturated carbocycles. The lowest BCUT2D eigenvalue weighted by Crippen LogP contribution is -2.61. The summed E-state index contributed by atoms with van der Waals surface area (Å²) in [6.45, 7) is 7.40. The Hall–Kier alpha value is -0.160. The van der Waals surface area contributed by atoms with Gasteiger partial charge >= 0.3 is 0 Å². The molecule has 0 spiro atoms. The number of rotatable bonds is 1. The molecule has 2 rings (SSSR count). The van der Waals surface area contributed by atoms with Crippen LogP contribution >= 0.6 is 0 Å². The lowest BCUT2D eigenvalue weighted by molar-refractivity contribution is -0.207. The minimum atomic E-state index is -0.937. The van der Waals surface area contributed by atoms with Crippen molar-refractivity contribution in [1.82, 2.24) is 0 Å². The second kappa shape index (κ2) is 4.69. The van der Waals surface area contributed by atoms with Crippen molar-refractivity contribution < 1.29 is 20.4 Å². The third-order valence-electron chi connectivity index (χ3n) is 5.84. The quantitative estimate of drug-likeness (QED) is 0.572. The first-order valence-electron chi connectivity index (χ1n) is 7.35. The minimum Gasteiger partial charge on any atom is -0.393 e. The molecule has 4 heteroatoms. The molecule has 0 radical (unpaired) electrons. The van der Waals surface area contributed by atoms with Gasteiger partial charge in [0.05, 0.1) is 23.9 Å². The molecule has 0 amide bonds. The van der Waals surface area contributed by atoms with E-state index >= 15 is 0 Å². The molecule has 2 fully saturated rings. The van der Waals surface area contributed by atoms with Crippen molar-refractivity contribution in [2.24, 2.45) is 23.2 Å². The van der Waals surface area contributed by atoms with Crippen LogP contribution in [0, 0.1) is 23.2 Å². The molecule has 0 saturated heterocycles. The van der Waals surface area contributed by atoms with Crippen LogP contribution in [-0.2, 0) is 0 Å². The minimum absolute atomic E-state index is 0.0615. The first-order valence-corrected chi connectivity index (χ1v) is 7.35. The SMILES string of the molecule is C[C@@H]1[C@H]2[C@H](O)[C@H](C(C)(C)O)CC[C@]2(C)[C@@H](O)C[C@H]1O. The highest BCUT2D eigenvalue weighted by atomic mass is 16.3. The Morgan fingerprint density at radius 3 is 2.26 bits per heavy atom. The van der Waals surface area contributed by atoms with Crippen molar-refractivity contribution in [3.63, 3.8) is 0 Å². The van der Waals surface area contributed by atoms with E-state index in [0.717, 1.165) is 6.42 Å². The van der Waals surface area contributed by atoms with Gasteiger partial charge in [-0.1, -0.05) is 13.8 Å². The van der Waals surface area contributed by atoms with E-state index < -0.39 is 23.9 Å². The molecular weight excluding hydrogens is 244 g/mol. The Bertz CT molecular complexity index is 338. The summed E-state index contributed by atoms with van der Waals surface area (Å²) in [7, 11) is 0. The van der Waals surface area contributed by atoms with Crippen LogP contribution in [0.25, 0.3) is 0 Å². The van der Waals surface area contributed by atoms with Crippen LogP contribution in [-0.4, -0.2) is 44.3 Å². The van der Waals surface area contributed by atoms with Gasteiger partial charge < -0.3 is 20.4 Å². The van der Waals surface area contributed by atoms with Gasteiger partial charge in [-0.15, -0.1) is 0 Å². The average Bonchev–Trinajstić information content (AvgIpc) is 2.25. The summed E-state index contributed by atoms with van der Waals surface area (Å²) in [5, 5.41) is 41.3. The highest BCUT2D eigenvalue weighted by molar-refractivity contribution is 5.07. The molecule has 0 bridgehead atoms. The molecule has 2 aliphatic rings. The summed E-state index contributed by atoms with van der Waals surface area (Å²) >= 11 is 0. The maximum absolute atomic E-state index is 10.7. The predicted molar refractivity (Wildman–Crippen MR) is 72.4 cm³/mol. The topological polar surface area (TPSA) is 80.9 Å². The third kappa shape index (κ3) is 2.33. The molecule has 4 nitrogen and oxygen atoms in total. The summed E-state index contributed by atoms with van der Waals surface area (Å²) in [6.07, 6.45) is 0.0236. The maximum atomic E-state index is 10.7. The van der Waals surface area contributed by atoms with E-state index in [1.165, 1.54) is 0 Å². The summed E-state index contributed by atoms with van der Waals surface area (Å²) in [6, 6.07) is 0. The van der Waals surface area contributed by atoms with Gasteiger partial charge in [0.15, 0.2) is 0 Å². The van der Waals surface area contributed by atoms with Gasteiger partial charge in [-0.2, -0.15) is 0 Å². The highest BCUT2D eigenvalue weighted by Crippen LogP contribution is 2.55. The number of hydrogen-bond donors (Lipinski definition) is 4. The van der Waals surface area contributed by atoms with Gasteiger partial charge in [0, 0.05) is 12.3 Å². The Kier molecular flexibility index (Phi) is 3.76. The second-order valence-electron chi connectivity index (χ2n) is 7.50. The summed E-state index contributed by atoms with van der Waals surface area (Å²) in [5.74, 6) is -0.435. The highest BCUT2D eigenvalue weighted by Gasteiger charge is 2.57. The van der Waals surface area contributed by atoms with Crippen LogP contribution in [0.15, 0.2) is 0 Å². The first-order chi connectivity index (χ1) is 8.59. The molecule has 112 valence electrons. The van der Waals surface area contributed by atoms with Crippen LogP contribution < -0.4 is 0 Å². The van der Waals surface area contributed by atoms with Gasteiger partial charge in [0.25, 0.3) is 0 Å². The molecule has 19 heavy (non-hydrogen) atoms. The lowest BCUT2D eigenvalue weighted by Gasteiger charge is -2.58. The maximum Gasteiger partial charge on any atom is 0.0644 e. The van der Waals surface area contributed by atoms with E-state index in [2.05, 4.69) is 0 Å². The molecule has 0 heterocycles. The van der Waals surface area contributed by atoms with E-state index in [0.29, 0.717) is 12.8 Å². The van der Waals surface area contributed by atoms with Crippen LogP contribution in [0.3, 0.4) is 0 Å². The van der Waals surface area contributed by atoms with Gasteiger partial charge in [0.2, 0.25) is 0 Å². The molecule has 0 aromatic heterocycles. The Balaban J connectivity index is 2.33. The fourth-order valence-corrected chi connectivity index (χ4v) is 4.47. The lowest BCUT2D eigenvalue weighted by atomic mass is 9.51. The van der Waals surface area contributed by atoms with Gasteiger partial charge in [-0.05, 0) is 43.9 Å². The van der Waals surface area contributed by atoms with Crippen molar-refractivity contribution in [2.45, 2.75) is 70.9 Å². The van der Waals surface area contributed by atoms with Crippen molar-refractivity contribution in [3.05, 3.63) is 0 Å². The van der Waals surface area contributed by atoms with Crippen molar-refractivity contribution in [2.75, 3.05) is 0 Å². The number of fused-ring (bicyclic) bond motifs is 1. The molecule has 0 aromatic carbocycles. The number of aliphatic hydroxyl groups excluding tert-OH is 3. The first kappa shape index (κ1) is 15.2. The van der Waals surface area contributed by atoms with Crippen LogP contribution in [0.4, 0.5) is 0 Å². The molecule has 0 aromatic rings. The summed E-state index contributed by atoms with van der Waals surface area (Å²) in [4.78, 5) is 0. The number of hydrogen-bond acceptors (Lipinski definition) is 4.